The molecule has 2 nitrogen and oxygen atoms in total. The van der Waals surface area contributed by atoms with Crippen LogP contribution in [0.4, 0.5) is 0 Å². The molecule has 1 atom stereocenters. The maximum Gasteiger partial charge on any atom is 0.244 e. The molecule has 0 fully saturated rings. The van der Waals surface area contributed by atoms with E-state index < -0.39 is 0 Å². The van der Waals surface area contributed by atoms with E-state index in [-0.39, 0.29) is 11.9 Å². The number of halogens is 2. The minimum absolute atomic E-state index is 0.0833. The Hall–Kier alpha value is -0.990. The maximum atomic E-state index is 11.8. The van der Waals surface area contributed by atoms with Crippen LogP contribution in [-0.2, 0) is 4.79 Å². The normalized spacial score (nSPS) is 12.6. The van der Waals surface area contributed by atoms with E-state index in [1.165, 1.54) is 18.9 Å². The molecule has 4 heteroatoms. The summed E-state index contributed by atoms with van der Waals surface area (Å²) in [5.41, 5.74) is 0.855. The van der Waals surface area contributed by atoms with Crippen LogP contribution in [0.15, 0.2) is 24.3 Å². The van der Waals surface area contributed by atoms with Gasteiger partial charge in [0, 0.05) is 12.1 Å². The molecule has 1 amide bonds. The molecule has 0 heterocycles. The second-order valence-electron chi connectivity index (χ2n) is 4.91. The van der Waals surface area contributed by atoms with Crippen LogP contribution in [-0.4, -0.2) is 11.9 Å². The Kier molecular flexibility index (Phi) is 7.71. The van der Waals surface area contributed by atoms with E-state index in [4.69, 9.17) is 23.2 Å². The quantitative estimate of drug-likeness (QED) is 0.551. The van der Waals surface area contributed by atoms with Gasteiger partial charge < -0.3 is 5.32 Å². The highest BCUT2D eigenvalue weighted by Crippen LogP contribution is 2.23. The largest absolute Gasteiger partial charge is 0.350 e. The summed E-state index contributed by atoms with van der Waals surface area (Å²) < 4.78 is 0. The van der Waals surface area contributed by atoms with Gasteiger partial charge in [0.2, 0.25) is 5.91 Å². The standard InChI is InChI=1S/C16H21Cl2NO/c1-3-4-5-6-12(2)19-16(20)10-8-13-7-9-14(17)15(18)11-13/h7-12H,3-6H2,1-2H3,(H,19,20). The predicted molar refractivity (Wildman–Crippen MR) is 87.2 cm³/mol. The van der Waals surface area contributed by atoms with E-state index in [0.29, 0.717) is 10.0 Å². The average molecular weight is 314 g/mol. The first-order chi connectivity index (χ1) is 9.52. The molecule has 1 unspecified atom stereocenters. The molecular formula is C16H21Cl2NO. The first kappa shape index (κ1) is 17.1. The zero-order chi connectivity index (χ0) is 15.0. The van der Waals surface area contributed by atoms with Gasteiger partial charge >= 0.3 is 0 Å². The van der Waals surface area contributed by atoms with Gasteiger partial charge in [-0.2, -0.15) is 0 Å². The van der Waals surface area contributed by atoms with Gasteiger partial charge in [0.05, 0.1) is 10.0 Å². The van der Waals surface area contributed by atoms with Crippen molar-refractivity contribution in [2.45, 2.75) is 45.6 Å². The molecule has 1 N–H and O–H groups in total. The third-order valence-electron chi connectivity index (χ3n) is 3.00. The highest BCUT2D eigenvalue weighted by Gasteiger charge is 2.04. The summed E-state index contributed by atoms with van der Waals surface area (Å²) in [6, 6.07) is 5.48. The number of unbranched alkanes of at least 4 members (excludes halogenated alkanes) is 2. The number of amides is 1. The Morgan fingerprint density at radius 1 is 1.30 bits per heavy atom. The first-order valence-corrected chi connectivity index (χ1v) is 7.72. The van der Waals surface area contributed by atoms with E-state index in [0.717, 1.165) is 18.4 Å². The molecule has 0 radical (unpaired) electrons. The van der Waals surface area contributed by atoms with Crippen LogP contribution in [0.1, 0.15) is 45.1 Å². The van der Waals surface area contributed by atoms with Crippen LogP contribution in [0.25, 0.3) is 6.08 Å². The average Bonchev–Trinajstić information content (AvgIpc) is 2.40. The lowest BCUT2D eigenvalue weighted by atomic mass is 10.1. The summed E-state index contributed by atoms with van der Waals surface area (Å²) in [4.78, 5) is 11.8. The fraction of sp³-hybridized carbons (Fsp3) is 0.438. The van der Waals surface area contributed by atoms with Crippen LogP contribution in [0.5, 0.6) is 0 Å². The molecule has 20 heavy (non-hydrogen) atoms. The lowest BCUT2D eigenvalue weighted by Gasteiger charge is -2.11. The smallest absolute Gasteiger partial charge is 0.244 e. The molecule has 0 bridgehead atoms. The molecule has 1 rings (SSSR count). The minimum atomic E-state index is -0.0833. The zero-order valence-corrected chi connectivity index (χ0v) is 13.5. The molecule has 1 aromatic rings. The maximum absolute atomic E-state index is 11.8. The molecule has 0 aliphatic rings. The highest BCUT2D eigenvalue weighted by atomic mass is 35.5. The van der Waals surface area contributed by atoms with Crippen LogP contribution >= 0.6 is 23.2 Å². The van der Waals surface area contributed by atoms with Gasteiger partial charge in [0.1, 0.15) is 0 Å². The van der Waals surface area contributed by atoms with Gasteiger partial charge in [-0.05, 0) is 37.1 Å². The van der Waals surface area contributed by atoms with E-state index >= 15 is 0 Å². The predicted octanol–water partition coefficient (Wildman–Crippen LogP) is 5.09. The Morgan fingerprint density at radius 2 is 2.05 bits per heavy atom. The summed E-state index contributed by atoms with van der Waals surface area (Å²) >= 11 is 11.8. The Labute approximate surface area is 131 Å². The van der Waals surface area contributed by atoms with Gasteiger partial charge in [0.25, 0.3) is 0 Å². The minimum Gasteiger partial charge on any atom is -0.350 e. The number of carbonyl (C=O) groups is 1. The van der Waals surface area contributed by atoms with Crippen molar-refractivity contribution < 1.29 is 4.79 Å². The second-order valence-corrected chi connectivity index (χ2v) is 5.73. The van der Waals surface area contributed by atoms with Crippen molar-refractivity contribution in [3.63, 3.8) is 0 Å². The molecule has 0 spiro atoms. The zero-order valence-electron chi connectivity index (χ0n) is 12.0. The molecule has 0 saturated heterocycles. The Bertz CT molecular complexity index is 472. The summed E-state index contributed by atoms with van der Waals surface area (Å²) in [6.07, 6.45) is 7.82. The number of rotatable bonds is 7. The SMILES string of the molecule is CCCCCC(C)NC(=O)C=Cc1ccc(Cl)c(Cl)c1. The molecular weight excluding hydrogens is 293 g/mol. The molecule has 1 aromatic carbocycles. The van der Waals surface area contributed by atoms with Crippen molar-refractivity contribution in [2.24, 2.45) is 0 Å². The van der Waals surface area contributed by atoms with Crippen LogP contribution in [0.3, 0.4) is 0 Å². The summed E-state index contributed by atoms with van der Waals surface area (Å²) in [5, 5.41) is 3.95. The van der Waals surface area contributed by atoms with Gasteiger partial charge in [-0.25, -0.2) is 0 Å². The van der Waals surface area contributed by atoms with Gasteiger partial charge in [-0.1, -0.05) is 55.5 Å². The number of hydrogen-bond acceptors (Lipinski definition) is 1. The topological polar surface area (TPSA) is 29.1 Å². The summed E-state index contributed by atoms with van der Waals surface area (Å²) in [7, 11) is 0. The van der Waals surface area contributed by atoms with Gasteiger partial charge in [-0.15, -0.1) is 0 Å². The van der Waals surface area contributed by atoms with Crippen molar-refractivity contribution in [1.82, 2.24) is 5.32 Å². The lowest BCUT2D eigenvalue weighted by molar-refractivity contribution is -0.117. The molecule has 0 saturated carbocycles. The number of hydrogen-bond donors (Lipinski definition) is 1. The first-order valence-electron chi connectivity index (χ1n) is 6.96. The van der Waals surface area contributed by atoms with Crippen LogP contribution in [0, 0.1) is 0 Å². The van der Waals surface area contributed by atoms with Crippen LogP contribution < -0.4 is 5.32 Å². The van der Waals surface area contributed by atoms with E-state index in [1.807, 2.05) is 13.0 Å². The van der Waals surface area contributed by atoms with Crippen molar-refractivity contribution in [3.05, 3.63) is 39.9 Å². The Morgan fingerprint density at radius 3 is 2.70 bits per heavy atom. The second kappa shape index (κ2) is 9.04. The fourth-order valence-corrected chi connectivity index (χ4v) is 2.16. The van der Waals surface area contributed by atoms with Gasteiger partial charge in [-0.3, -0.25) is 4.79 Å². The number of benzene rings is 1. The third-order valence-corrected chi connectivity index (χ3v) is 3.74. The van der Waals surface area contributed by atoms with Gasteiger partial charge in [0.15, 0.2) is 0 Å². The fourth-order valence-electron chi connectivity index (χ4n) is 1.85. The molecule has 0 aromatic heterocycles. The van der Waals surface area contributed by atoms with Crippen LogP contribution in [0.2, 0.25) is 10.0 Å². The summed E-state index contributed by atoms with van der Waals surface area (Å²) in [5.74, 6) is -0.0833. The van der Waals surface area contributed by atoms with Crippen molar-refractivity contribution in [2.75, 3.05) is 0 Å². The highest BCUT2D eigenvalue weighted by molar-refractivity contribution is 6.42. The third kappa shape index (κ3) is 6.44. The lowest BCUT2D eigenvalue weighted by Crippen LogP contribution is -2.30. The summed E-state index contributed by atoms with van der Waals surface area (Å²) in [6.45, 7) is 4.20. The van der Waals surface area contributed by atoms with Crippen molar-refractivity contribution in [3.8, 4) is 0 Å². The monoisotopic (exact) mass is 313 g/mol. The van der Waals surface area contributed by atoms with Crippen molar-refractivity contribution in [1.29, 1.82) is 0 Å². The molecule has 0 aliphatic carbocycles. The molecule has 110 valence electrons. The van der Waals surface area contributed by atoms with E-state index in [1.54, 1.807) is 18.2 Å². The van der Waals surface area contributed by atoms with Crippen molar-refractivity contribution >= 4 is 35.2 Å². The van der Waals surface area contributed by atoms with E-state index in [2.05, 4.69) is 12.2 Å². The number of carbonyl (C=O) groups excluding carboxylic acids is 1. The number of nitrogens with one attached hydrogen (secondary N) is 1. The molecule has 0 aliphatic heterocycles. The Balaban J connectivity index is 2.44. The van der Waals surface area contributed by atoms with E-state index in [9.17, 15) is 4.79 Å².